The third-order valence-electron chi connectivity index (χ3n) is 6.34. The van der Waals surface area contributed by atoms with E-state index in [1.165, 1.54) is 13.8 Å². The fraction of sp³-hybridized carbons (Fsp3) is 0.423. The largest absolute Gasteiger partial charge is 0.462 e. The van der Waals surface area contributed by atoms with Gasteiger partial charge < -0.3 is 24.8 Å². The molecule has 0 amide bonds. The number of aliphatic hydroxyl groups excluding tert-OH is 1. The Kier molecular flexibility index (Phi) is 9.07. The van der Waals surface area contributed by atoms with E-state index in [4.69, 9.17) is 35.9 Å². The summed E-state index contributed by atoms with van der Waals surface area (Å²) in [7, 11) is -4.38. The first kappa shape index (κ1) is 30.9. The maximum Gasteiger partial charge on any atom is 0.459 e. The molecule has 0 bridgehead atoms. The highest BCUT2D eigenvalue weighted by Crippen LogP contribution is 2.49. The molecular formula is C26H31ClFN4O8P. The summed E-state index contributed by atoms with van der Waals surface area (Å²) in [5, 5.41) is 14.9. The van der Waals surface area contributed by atoms with Gasteiger partial charge in [0.15, 0.2) is 17.9 Å². The summed E-state index contributed by atoms with van der Waals surface area (Å²) in [4.78, 5) is 26.6. The van der Waals surface area contributed by atoms with E-state index in [1.54, 1.807) is 38.1 Å². The minimum atomic E-state index is -4.38. The Morgan fingerprint density at radius 1 is 1.29 bits per heavy atom. The molecular weight excluding hydrogens is 582 g/mol. The molecule has 1 saturated heterocycles. The lowest BCUT2D eigenvalue weighted by molar-refractivity contribution is -0.149. The smallest absolute Gasteiger partial charge is 0.459 e. The molecule has 0 aliphatic carbocycles. The monoisotopic (exact) mass is 612 g/mol. The van der Waals surface area contributed by atoms with Crippen molar-refractivity contribution in [2.45, 2.75) is 63.2 Å². The number of hydrogen-bond donors (Lipinski definition) is 3. The summed E-state index contributed by atoms with van der Waals surface area (Å²) < 4.78 is 51.5. The van der Waals surface area contributed by atoms with Crippen LogP contribution in [0.1, 0.15) is 33.9 Å². The van der Waals surface area contributed by atoms with Gasteiger partial charge in [0.05, 0.1) is 18.9 Å². The highest BCUT2D eigenvalue weighted by molar-refractivity contribution is 7.52. The molecule has 1 aromatic heterocycles. The van der Waals surface area contributed by atoms with Gasteiger partial charge in [-0.1, -0.05) is 36.4 Å². The second-order valence-corrected chi connectivity index (χ2v) is 12.5. The van der Waals surface area contributed by atoms with Crippen molar-refractivity contribution < 1.29 is 37.4 Å². The zero-order valence-corrected chi connectivity index (χ0v) is 24.3. The number of rotatable bonds is 10. The van der Waals surface area contributed by atoms with Crippen LogP contribution in [0.15, 0.2) is 53.5 Å². The van der Waals surface area contributed by atoms with Crippen molar-refractivity contribution in [1.82, 2.24) is 14.6 Å². The number of ether oxygens (including phenoxy) is 2. The van der Waals surface area contributed by atoms with Crippen molar-refractivity contribution in [3.05, 3.63) is 65.0 Å². The average Bonchev–Trinajstić information content (AvgIpc) is 3.13. The maximum absolute atomic E-state index is 14.1. The Labute approximate surface area is 240 Å². The minimum absolute atomic E-state index is 0.200. The van der Waals surface area contributed by atoms with Crippen molar-refractivity contribution in [3.63, 3.8) is 0 Å². The van der Waals surface area contributed by atoms with Crippen LogP contribution in [0.5, 0.6) is 5.75 Å². The number of nitrogens with zero attached hydrogens (tertiary/aromatic N) is 2. The van der Waals surface area contributed by atoms with Crippen molar-refractivity contribution in [2.24, 2.45) is 0 Å². The van der Waals surface area contributed by atoms with E-state index in [0.717, 1.165) is 16.2 Å². The van der Waals surface area contributed by atoms with Crippen LogP contribution in [-0.2, 0) is 23.4 Å². The number of fused-ring (bicyclic) bond motifs is 1. The zero-order valence-electron chi connectivity index (χ0n) is 22.7. The number of esters is 1. The van der Waals surface area contributed by atoms with Crippen LogP contribution < -0.4 is 21.0 Å². The Balaban J connectivity index is 1.60. The van der Waals surface area contributed by atoms with E-state index in [9.17, 15) is 23.7 Å². The van der Waals surface area contributed by atoms with Crippen molar-refractivity contribution >= 4 is 41.9 Å². The van der Waals surface area contributed by atoms with Gasteiger partial charge in [0.2, 0.25) is 0 Å². The zero-order chi connectivity index (χ0) is 30.1. The normalized spacial score (nSPS) is 24.7. The molecule has 12 nitrogen and oxygen atoms in total. The Bertz CT molecular complexity index is 1530. The summed E-state index contributed by atoms with van der Waals surface area (Å²) in [5.41, 5.74) is 4.40. The first-order chi connectivity index (χ1) is 19.2. The molecule has 0 saturated carbocycles. The Morgan fingerprint density at radius 2 is 1.98 bits per heavy atom. The van der Waals surface area contributed by atoms with Gasteiger partial charge in [0.1, 0.15) is 28.9 Å². The van der Waals surface area contributed by atoms with Gasteiger partial charge in [-0.3, -0.25) is 13.9 Å². The SMILES string of the molecule is CC(C)OC(=O)[C@@H](C)NP(=O)(OC[C@H]1OC(n2cc(F)c(N)nc2=O)[C@](C)(Cl)[C@@H]1O)Oc1cccc2ccccc12. The summed E-state index contributed by atoms with van der Waals surface area (Å²) >= 11 is 6.55. The van der Waals surface area contributed by atoms with Crippen LogP contribution in [0.3, 0.4) is 0 Å². The number of carbonyl (C=O) groups excluding carboxylic acids is 1. The van der Waals surface area contributed by atoms with E-state index in [1.807, 2.05) is 18.2 Å². The van der Waals surface area contributed by atoms with Crippen LogP contribution in [-0.4, -0.2) is 56.5 Å². The molecule has 2 aromatic carbocycles. The quantitative estimate of drug-likeness (QED) is 0.174. The molecule has 0 spiro atoms. The molecule has 2 heterocycles. The summed E-state index contributed by atoms with van der Waals surface area (Å²) in [6.45, 7) is 5.56. The van der Waals surface area contributed by atoms with Crippen LogP contribution in [0, 0.1) is 5.82 Å². The van der Waals surface area contributed by atoms with Crippen LogP contribution in [0.2, 0.25) is 0 Å². The topological polar surface area (TPSA) is 164 Å². The van der Waals surface area contributed by atoms with Gasteiger partial charge in [0, 0.05) is 5.39 Å². The number of benzene rings is 2. The van der Waals surface area contributed by atoms with Gasteiger partial charge >= 0.3 is 19.4 Å². The number of nitrogens with two attached hydrogens (primary N) is 1. The number of hydrogen-bond acceptors (Lipinski definition) is 10. The van der Waals surface area contributed by atoms with E-state index in [-0.39, 0.29) is 5.75 Å². The van der Waals surface area contributed by atoms with Gasteiger partial charge in [-0.2, -0.15) is 10.1 Å². The molecule has 4 rings (SSSR count). The highest BCUT2D eigenvalue weighted by Gasteiger charge is 2.54. The van der Waals surface area contributed by atoms with Crippen LogP contribution >= 0.6 is 19.3 Å². The number of aromatic nitrogens is 2. The molecule has 3 aromatic rings. The van der Waals surface area contributed by atoms with Crippen molar-refractivity contribution in [2.75, 3.05) is 12.3 Å². The van der Waals surface area contributed by atoms with Crippen LogP contribution in [0.25, 0.3) is 10.8 Å². The summed E-state index contributed by atoms with van der Waals surface area (Å²) in [5.74, 6) is -2.10. The number of anilines is 1. The van der Waals surface area contributed by atoms with E-state index in [0.29, 0.717) is 5.39 Å². The highest BCUT2D eigenvalue weighted by atomic mass is 35.5. The molecule has 2 unspecified atom stereocenters. The first-order valence-corrected chi connectivity index (χ1v) is 14.6. The second kappa shape index (κ2) is 12.0. The van der Waals surface area contributed by atoms with Crippen LogP contribution in [0.4, 0.5) is 10.2 Å². The Hall–Kier alpha value is -3.06. The number of nitrogens with one attached hydrogen (secondary N) is 1. The van der Waals surface area contributed by atoms with E-state index >= 15 is 0 Å². The number of carbonyl (C=O) groups is 1. The van der Waals surface area contributed by atoms with Gasteiger partial charge in [-0.15, -0.1) is 11.6 Å². The molecule has 1 aliphatic heterocycles. The number of halogens is 2. The third-order valence-corrected chi connectivity index (χ3v) is 8.38. The minimum Gasteiger partial charge on any atom is -0.462 e. The molecule has 6 atom stereocenters. The lowest BCUT2D eigenvalue weighted by Crippen LogP contribution is -2.42. The van der Waals surface area contributed by atoms with Crippen molar-refractivity contribution in [1.29, 1.82) is 0 Å². The molecule has 1 fully saturated rings. The van der Waals surface area contributed by atoms with Gasteiger partial charge in [-0.05, 0) is 39.1 Å². The first-order valence-electron chi connectivity index (χ1n) is 12.7. The van der Waals surface area contributed by atoms with E-state index in [2.05, 4.69) is 10.1 Å². The standard InChI is InChI=1S/C26H31ClFN4O8P/c1-14(2)38-23(34)15(3)31-41(36,40-19-11-7-9-16-8-5-6-10-17(16)19)37-13-20-21(33)26(4,27)24(39-20)32-12-18(28)22(29)30-25(32)35/h5-12,14-15,20-21,24,33H,13H2,1-4H3,(H,31,36)(H2,29,30,35)/t15-,20-,21-,24?,26-,41?/m1/s1. The maximum atomic E-state index is 14.1. The molecule has 222 valence electrons. The molecule has 41 heavy (non-hydrogen) atoms. The predicted molar refractivity (Wildman–Crippen MR) is 149 cm³/mol. The lowest BCUT2D eigenvalue weighted by atomic mass is 10.0. The second-order valence-electron chi connectivity index (χ2n) is 9.99. The van der Waals surface area contributed by atoms with Gasteiger partial charge in [0.25, 0.3) is 0 Å². The molecule has 0 radical (unpaired) electrons. The molecule has 1 aliphatic rings. The Morgan fingerprint density at radius 3 is 2.68 bits per heavy atom. The fourth-order valence-electron chi connectivity index (χ4n) is 4.27. The lowest BCUT2D eigenvalue weighted by Gasteiger charge is -2.26. The van der Waals surface area contributed by atoms with Gasteiger partial charge in [-0.25, -0.2) is 13.8 Å². The summed E-state index contributed by atoms with van der Waals surface area (Å²) in [6.07, 6.45) is -3.81. The predicted octanol–water partition coefficient (Wildman–Crippen LogP) is 3.51. The average molecular weight is 613 g/mol. The number of nitrogen functional groups attached to an aromatic ring is 1. The third kappa shape index (κ3) is 6.72. The fourth-order valence-corrected chi connectivity index (χ4v) is 6.08. The summed E-state index contributed by atoms with van der Waals surface area (Å²) in [6, 6.07) is 11.2. The van der Waals surface area contributed by atoms with E-state index < -0.39 is 73.1 Å². The molecule has 15 heteroatoms. The number of aliphatic hydroxyl groups is 1. The number of alkyl halides is 1. The molecule has 4 N–H and O–H groups in total. The van der Waals surface area contributed by atoms with Crippen molar-refractivity contribution in [3.8, 4) is 5.75 Å².